The summed E-state index contributed by atoms with van der Waals surface area (Å²) in [5, 5.41) is 3.67. The van der Waals surface area contributed by atoms with Gasteiger partial charge in [-0.25, -0.2) is 0 Å². The van der Waals surface area contributed by atoms with E-state index in [1.165, 1.54) is 44.1 Å². The van der Waals surface area contributed by atoms with E-state index < -0.39 is 0 Å². The zero-order chi connectivity index (χ0) is 14.5. The minimum atomic E-state index is 0.470. The minimum absolute atomic E-state index is 0.470. The molecule has 1 aromatic carbocycles. The maximum atomic E-state index is 5.93. The summed E-state index contributed by atoms with van der Waals surface area (Å²) in [7, 11) is 0. The molecule has 116 valence electrons. The summed E-state index contributed by atoms with van der Waals surface area (Å²) in [6.45, 7) is 4.21. The lowest BCUT2D eigenvalue weighted by molar-refractivity contribution is 0.00535. The first-order valence-electron chi connectivity index (χ1n) is 8.81. The molecule has 1 aliphatic carbocycles. The van der Waals surface area contributed by atoms with Crippen LogP contribution in [0.4, 0.5) is 0 Å². The number of fused-ring (bicyclic) bond motifs is 1. The molecule has 1 aliphatic heterocycles. The maximum absolute atomic E-state index is 5.93. The van der Waals surface area contributed by atoms with E-state index in [9.17, 15) is 0 Å². The maximum Gasteiger partial charge on any atom is 0.0590 e. The predicted octanol–water partition coefficient (Wildman–Crippen LogP) is 3.66. The van der Waals surface area contributed by atoms with Gasteiger partial charge in [0, 0.05) is 12.6 Å². The van der Waals surface area contributed by atoms with E-state index in [2.05, 4.69) is 30.4 Å². The molecule has 1 heterocycles. The van der Waals surface area contributed by atoms with Crippen molar-refractivity contribution < 1.29 is 4.74 Å². The van der Waals surface area contributed by atoms with Crippen molar-refractivity contribution in [3.8, 4) is 0 Å². The van der Waals surface area contributed by atoms with E-state index in [-0.39, 0.29) is 0 Å². The number of likely N-dealkylation sites (N-methyl/N-ethyl adjacent to an activating group) is 1. The SMILES string of the molecule is CCNC(Cc1ccc2c(c1)CCC2)CC1CCCCO1. The van der Waals surface area contributed by atoms with E-state index in [4.69, 9.17) is 4.74 Å². The third-order valence-electron chi connectivity index (χ3n) is 4.96. The summed E-state index contributed by atoms with van der Waals surface area (Å²) in [5.74, 6) is 0. The molecule has 0 spiro atoms. The Kier molecular flexibility index (Phi) is 5.32. The van der Waals surface area contributed by atoms with Crippen molar-refractivity contribution in [1.82, 2.24) is 5.32 Å². The number of benzene rings is 1. The third kappa shape index (κ3) is 4.08. The van der Waals surface area contributed by atoms with E-state index in [0.717, 1.165) is 26.0 Å². The average Bonchev–Trinajstić information content (AvgIpc) is 2.96. The predicted molar refractivity (Wildman–Crippen MR) is 87.8 cm³/mol. The number of rotatable bonds is 6. The van der Waals surface area contributed by atoms with Crippen molar-refractivity contribution in [2.45, 2.75) is 70.4 Å². The highest BCUT2D eigenvalue weighted by atomic mass is 16.5. The van der Waals surface area contributed by atoms with Gasteiger partial charge in [0.1, 0.15) is 0 Å². The fraction of sp³-hybridized carbons (Fsp3) is 0.684. The van der Waals surface area contributed by atoms with Crippen LogP contribution >= 0.6 is 0 Å². The van der Waals surface area contributed by atoms with Gasteiger partial charge in [0.25, 0.3) is 0 Å². The normalized spacial score (nSPS) is 23.0. The van der Waals surface area contributed by atoms with E-state index >= 15 is 0 Å². The van der Waals surface area contributed by atoms with Crippen LogP contribution in [0.2, 0.25) is 0 Å². The van der Waals surface area contributed by atoms with E-state index in [1.807, 2.05) is 0 Å². The van der Waals surface area contributed by atoms with E-state index in [0.29, 0.717) is 12.1 Å². The Hall–Kier alpha value is -0.860. The van der Waals surface area contributed by atoms with Crippen molar-refractivity contribution in [3.63, 3.8) is 0 Å². The number of nitrogens with one attached hydrogen (secondary N) is 1. The highest BCUT2D eigenvalue weighted by molar-refractivity contribution is 5.35. The fourth-order valence-electron chi connectivity index (χ4n) is 3.87. The molecule has 0 aromatic heterocycles. The molecule has 2 atom stereocenters. The van der Waals surface area contributed by atoms with Crippen LogP contribution in [0.3, 0.4) is 0 Å². The van der Waals surface area contributed by atoms with E-state index in [1.54, 1.807) is 11.1 Å². The summed E-state index contributed by atoms with van der Waals surface area (Å²) < 4.78 is 5.93. The van der Waals surface area contributed by atoms with Gasteiger partial charge < -0.3 is 10.1 Å². The second-order valence-corrected chi connectivity index (χ2v) is 6.64. The molecule has 0 radical (unpaired) electrons. The zero-order valence-electron chi connectivity index (χ0n) is 13.4. The molecule has 1 N–H and O–H groups in total. The smallest absolute Gasteiger partial charge is 0.0590 e. The lowest BCUT2D eigenvalue weighted by Gasteiger charge is -2.27. The molecule has 1 aromatic rings. The second kappa shape index (κ2) is 7.42. The highest BCUT2D eigenvalue weighted by Crippen LogP contribution is 2.24. The minimum Gasteiger partial charge on any atom is -0.378 e. The Balaban J connectivity index is 1.61. The molecule has 3 rings (SSSR count). The van der Waals surface area contributed by atoms with Crippen LogP contribution in [-0.4, -0.2) is 25.3 Å². The molecule has 1 saturated heterocycles. The van der Waals surface area contributed by atoms with Gasteiger partial charge in [-0.2, -0.15) is 0 Å². The molecular formula is C19H29NO. The molecule has 0 amide bonds. The average molecular weight is 287 g/mol. The standard InChI is InChI=1S/C19H29NO/c1-2-20-18(14-19-8-3-4-11-21-19)13-15-9-10-16-6-5-7-17(16)12-15/h9-10,12,18-20H,2-8,11,13-14H2,1H3. The Morgan fingerprint density at radius 1 is 1.19 bits per heavy atom. The molecule has 2 nitrogen and oxygen atoms in total. The summed E-state index contributed by atoms with van der Waals surface area (Å²) in [4.78, 5) is 0. The quantitative estimate of drug-likeness (QED) is 0.862. The van der Waals surface area contributed by atoms with Crippen LogP contribution in [0.15, 0.2) is 18.2 Å². The monoisotopic (exact) mass is 287 g/mol. The topological polar surface area (TPSA) is 21.3 Å². The largest absolute Gasteiger partial charge is 0.378 e. The van der Waals surface area contributed by atoms with Crippen LogP contribution in [-0.2, 0) is 24.0 Å². The lowest BCUT2D eigenvalue weighted by atomic mass is 9.95. The number of aryl methyl sites for hydroxylation is 2. The van der Waals surface area contributed by atoms with Crippen LogP contribution < -0.4 is 5.32 Å². The first kappa shape index (κ1) is 15.1. The van der Waals surface area contributed by atoms with Gasteiger partial charge in [0.05, 0.1) is 6.10 Å². The second-order valence-electron chi connectivity index (χ2n) is 6.64. The molecular weight excluding hydrogens is 258 g/mol. The van der Waals surface area contributed by atoms with Crippen molar-refractivity contribution in [2.75, 3.05) is 13.2 Å². The summed E-state index contributed by atoms with van der Waals surface area (Å²) in [6, 6.07) is 7.71. The van der Waals surface area contributed by atoms with Gasteiger partial charge in [0.2, 0.25) is 0 Å². The Morgan fingerprint density at radius 2 is 2.10 bits per heavy atom. The number of ether oxygens (including phenoxy) is 1. The van der Waals surface area contributed by atoms with Crippen LogP contribution in [0.25, 0.3) is 0 Å². The molecule has 1 fully saturated rings. The van der Waals surface area contributed by atoms with Crippen LogP contribution in [0, 0.1) is 0 Å². The van der Waals surface area contributed by atoms with Crippen LogP contribution in [0.5, 0.6) is 0 Å². The summed E-state index contributed by atoms with van der Waals surface area (Å²) in [5.41, 5.74) is 4.67. The molecule has 21 heavy (non-hydrogen) atoms. The van der Waals surface area contributed by atoms with Gasteiger partial charge in [0.15, 0.2) is 0 Å². The first-order chi connectivity index (χ1) is 10.3. The lowest BCUT2D eigenvalue weighted by Crippen LogP contribution is -2.36. The van der Waals surface area contributed by atoms with Gasteiger partial charge in [-0.15, -0.1) is 0 Å². The van der Waals surface area contributed by atoms with Gasteiger partial charge in [-0.05, 0) is 74.6 Å². The zero-order valence-corrected chi connectivity index (χ0v) is 13.4. The highest BCUT2D eigenvalue weighted by Gasteiger charge is 2.20. The van der Waals surface area contributed by atoms with Crippen molar-refractivity contribution in [3.05, 3.63) is 34.9 Å². The van der Waals surface area contributed by atoms with Crippen LogP contribution in [0.1, 0.15) is 55.7 Å². The summed E-state index contributed by atoms with van der Waals surface area (Å²) >= 11 is 0. The molecule has 2 heteroatoms. The summed E-state index contributed by atoms with van der Waals surface area (Å²) in [6.07, 6.45) is 10.5. The third-order valence-corrected chi connectivity index (χ3v) is 4.96. The van der Waals surface area contributed by atoms with Crippen molar-refractivity contribution in [1.29, 1.82) is 0 Å². The van der Waals surface area contributed by atoms with Gasteiger partial charge >= 0.3 is 0 Å². The molecule has 0 saturated carbocycles. The van der Waals surface area contributed by atoms with Crippen molar-refractivity contribution >= 4 is 0 Å². The molecule has 2 aliphatic rings. The fourth-order valence-corrected chi connectivity index (χ4v) is 3.87. The number of hydrogen-bond donors (Lipinski definition) is 1. The molecule has 0 bridgehead atoms. The molecule has 2 unspecified atom stereocenters. The van der Waals surface area contributed by atoms with Crippen molar-refractivity contribution in [2.24, 2.45) is 0 Å². The Morgan fingerprint density at radius 3 is 2.90 bits per heavy atom. The Bertz CT molecular complexity index is 451. The van der Waals surface area contributed by atoms with Gasteiger partial charge in [-0.1, -0.05) is 25.1 Å². The first-order valence-corrected chi connectivity index (χ1v) is 8.81. The Labute approximate surface area is 129 Å². The number of hydrogen-bond acceptors (Lipinski definition) is 2. The van der Waals surface area contributed by atoms with Gasteiger partial charge in [-0.3, -0.25) is 0 Å².